The Hall–Kier alpha value is -1.68. The van der Waals surface area contributed by atoms with Gasteiger partial charge in [-0.05, 0) is 37.0 Å². The summed E-state index contributed by atoms with van der Waals surface area (Å²) in [4.78, 5) is 20.9. The Morgan fingerprint density at radius 2 is 1.90 bits per heavy atom. The number of aliphatic imine (C=N–C) groups is 1. The molecular formula is C21H32IN5OS. The number of nitrogens with zero attached hydrogens (tertiary/aromatic N) is 2. The van der Waals surface area contributed by atoms with Gasteiger partial charge in [0.1, 0.15) is 5.01 Å². The van der Waals surface area contributed by atoms with E-state index in [4.69, 9.17) is 0 Å². The summed E-state index contributed by atoms with van der Waals surface area (Å²) in [7, 11) is 0. The van der Waals surface area contributed by atoms with E-state index in [0.717, 1.165) is 40.9 Å². The van der Waals surface area contributed by atoms with Crippen LogP contribution in [-0.2, 0) is 17.9 Å². The van der Waals surface area contributed by atoms with Gasteiger partial charge in [-0.1, -0.05) is 32.9 Å². The van der Waals surface area contributed by atoms with Crippen LogP contribution in [-0.4, -0.2) is 23.4 Å². The maximum atomic E-state index is 11.7. The smallest absolute Gasteiger partial charge is 0.224 e. The number of carbonyl (C=O) groups excluding carboxylic acids is 1. The topological polar surface area (TPSA) is 78.4 Å². The molecule has 2 rings (SSSR count). The molecule has 8 heteroatoms. The molecule has 0 spiro atoms. The van der Waals surface area contributed by atoms with Crippen molar-refractivity contribution >= 4 is 52.9 Å². The predicted molar refractivity (Wildman–Crippen MR) is 133 cm³/mol. The lowest BCUT2D eigenvalue weighted by molar-refractivity contribution is -0.116. The van der Waals surface area contributed by atoms with E-state index in [1.807, 2.05) is 38.1 Å². The highest BCUT2D eigenvalue weighted by molar-refractivity contribution is 14.0. The lowest BCUT2D eigenvalue weighted by Crippen LogP contribution is -2.36. The number of anilines is 1. The lowest BCUT2D eigenvalue weighted by atomic mass is 10.2. The molecule has 6 nitrogen and oxygen atoms in total. The second kappa shape index (κ2) is 13.5. The molecule has 0 atom stereocenters. The van der Waals surface area contributed by atoms with Crippen molar-refractivity contribution in [3.63, 3.8) is 0 Å². The average Bonchev–Trinajstić information content (AvgIpc) is 3.15. The molecule has 1 amide bonds. The van der Waals surface area contributed by atoms with Crippen LogP contribution < -0.4 is 16.0 Å². The zero-order chi connectivity index (χ0) is 20.4. The van der Waals surface area contributed by atoms with E-state index in [1.165, 1.54) is 0 Å². The minimum Gasteiger partial charge on any atom is -0.357 e. The Kier molecular flexibility index (Phi) is 11.8. The number of guanidine groups is 1. The summed E-state index contributed by atoms with van der Waals surface area (Å²) < 4.78 is 0. The number of amides is 1. The first-order valence-corrected chi connectivity index (χ1v) is 10.7. The monoisotopic (exact) mass is 529 g/mol. The molecule has 29 heavy (non-hydrogen) atoms. The normalized spacial score (nSPS) is 11.1. The molecule has 1 aromatic carbocycles. The first-order chi connectivity index (χ1) is 13.5. The molecule has 160 valence electrons. The summed E-state index contributed by atoms with van der Waals surface area (Å²) in [5.74, 6) is 1.26. The Labute approximate surface area is 195 Å². The van der Waals surface area contributed by atoms with Gasteiger partial charge in [0.05, 0.1) is 18.8 Å². The highest BCUT2D eigenvalue weighted by Gasteiger charge is 2.06. The van der Waals surface area contributed by atoms with Gasteiger partial charge in [-0.15, -0.1) is 35.3 Å². The van der Waals surface area contributed by atoms with E-state index in [9.17, 15) is 4.79 Å². The fourth-order valence-corrected chi connectivity index (χ4v) is 3.38. The van der Waals surface area contributed by atoms with Crippen molar-refractivity contribution in [3.8, 4) is 0 Å². The molecule has 0 saturated carbocycles. The number of carbonyl (C=O) groups is 1. The van der Waals surface area contributed by atoms with Crippen LogP contribution in [0.1, 0.15) is 62.7 Å². The molecule has 2 aromatic rings. The standard InChI is InChI=1S/C21H31N5OS.HI/c1-5-7-19(27)25-17-10-8-16(9-11-17)12-23-21(22-6-2)24-13-20-26-18(14-28-20)15(3)4;/h8-11,14-15H,5-7,12-13H2,1-4H3,(H,25,27)(H2,22,23,24);1H. The average molecular weight is 529 g/mol. The van der Waals surface area contributed by atoms with Gasteiger partial charge < -0.3 is 16.0 Å². The van der Waals surface area contributed by atoms with Gasteiger partial charge in [0.15, 0.2) is 5.96 Å². The van der Waals surface area contributed by atoms with Gasteiger partial charge in [-0.3, -0.25) is 4.79 Å². The molecule has 1 heterocycles. The van der Waals surface area contributed by atoms with Crippen molar-refractivity contribution in [2.75, 3.05) is 11.9 Å². The third-order valence-corrected chi connectivity index (χ3v) is 4.91. The zero-order valence-electron chi connectivity index (χ0n) is 17.6. The maximum absolute atomic E-state index is 11.7. The molecule has 0 saturated heterocycles. The number of benzene rings is 1. The summed E-state index contributed by atoms with van der Waals surface area (Å²) in [5, 5.41) is 12.7. The third-order valence-electron chi connectivity index (χ3n) is 4.05. The molecule has 0 aliphatic rings. The first-order valence-electron chi connectivity index (χ1n) is 9.87. The largest absolute Gasteiger partial charge is 0.357 e. The molecule has 0 aliphatic heterocycles. The van der Waals surface area contributed by atoms with E-state index in [1.54, 1.807) is 11.3 Å². The van der Waals surface area contributed by atoms with E-state index in [0.29, 0.717) is 25.4 Å². The third kappa shape index (κ3) is 9.12. The van der Waals surface area contributed by atoms with Crippen LogP contribution in [0, 0.1) is 0 Å². The van der Waals surface area contributed by atoms with Crippen LogP contribution in [0.3, 0.4) is 0 Å². The van der Waals surface area contributed by atoms with Crippen molar-refractivity contribution in [3.05, 3.63) is 45.9 Å². The number of aromatic nitrogens is 1. The molecule has 0 aliphatic carbocycles. The number of halogens is 1. The van der Waals surface area contributed by atoms with Crippen LogP contribution in [0.4, 0.5) is 5.69 Å². The van der Waals surface area contributed by atoms with Crippen molar-refractivity contribution in [2.24, 2.45) is 4.99 Å². The summed E-state index contributed by atoms with van der Waals surface area (Å²) in [6, 6.07) is 7.82. The number of hydrogen-bond acceptors (Lipinski definition) is 4. The van der Waals surface area contributed by atoms with Crippen molar-refractivity contribution in [1.29, 1.82) is 0 Å². The quantitative estimate of drug-likeness (QED) is 0.246. The Morgan fingerprint density at radius 1 is 1.17 bits per heavy atom. The van der Waals surface area contributed by atoms with Gasteiger partial charge in [-0.2, -0.15) is 0 Å². The first kappa shape index (κ1) is 25.4. The highest BCUT2D eigenvalue weighted by atomic mass is 127. The molecule has 0 fully saturated rings. The SMILES string of the molecule is CCCC(=O)Nc1ccc(CN=C(NCC)NCc2nc(C(C)C)cs2)cc1.I. The summed E-state index contributed by atoms with van der Waals surface area (Å²) in [6.45, 7) is 10.4. The molecular weight excluding hydrogens is 497 g/mol. The Balaban J connectivity index is 0.00000420. The highest BCUT2D eigenvalue weighted by Crippen LogP contribution is 2.17. The number of nitrogens with one attached hydrogen (secondary N) is 3. The van der Waals surface area contributed by atoms with E-state index < -0.39 is 0 Å². The predicted octanol–water partition coefficient (Wildman–Crippen LogP) is 4.88. The van der Waals surface area contributed by atoms with Crippen molar-refractivity contribution in [1.82, 2.24) is 15.6 Å². The fraction of sp³-hybridized carbons (Fsp3) is 0.476. The summed E-state index contributed by atoms with van der Waals surface area (Å²) in [5.41, 5.74) is 3.04. The van der Waals surface area contributed by atoms with E-state index in [2.05, 4.69) is 45.2 Å². The number of hydrogen-bond donors (Lipinski definition) is 3. The van der Waals surface area contributed by atoms with Crippen LogP contribution in [0.15, 0.2) is 34.6 Å². The van der Waals surface area contributed by atoms with Gasteiger partial charge in [0.25, 0.3) is 0 Å². The number of thiazole rings is 1. The van der Waals surface area contributed by atoms with Crippen LogP contribution >= 0.6 is 35.3 Å². The minimum atomic E-state index is 0. The molecule has 3 N–H and O–H groups in total. The summed E-state index contributed by atoms with van der Waals surface area (Å²) in [6.07, 6.45) is 1.39. The van der Waals surface area contributed by atoms with E-state index in [-0.39, 0.29) is 29.9 Å². The lowest BCUT2D eigenvalue weighted by Gasteiger charge is -2.10. The Bertz CT molecular complexity index is 774. The molecule has 0 unspecified atom stereocenters. The van der Waals surface area contributed by atoms with Gasteiger partial charge in [-0.25, -0.2) is 9.98 Å². The van der Waals surface area contributed by atoms with E-state index >= 15 is 0 Å². The fourth-order valence-electron chi connectivity index (χ4n) is 2.49. The van der Waals surface area contributed by atoms with Crippen molar-refractivity contribution in [2.45, 2.75) is 59.5 Å². The molecule has 0 bridgehead atoms. The van der Waals surface area contributed by atoms with Gasteiger partial charge in [0, 0.05) is 24.0 Å². The molecule has 1 aromatic heterocycles. The zero-order valence-corrected chi connectivity index (χ0v) is 20.8. The van der Waals surface area contributed by atoms with Crippen LogP contribution in [0.5, 0.6) is 0 Å². The van der Waals surface area contributed by atoms with Crippen LogP contribution in [0.2, 0.25) is 0 Å². The minimum absolute atomic E-state index is 0. The van der Waals surface area contributed by atoms with Gasteiger partial charge in [0.2, 0.25) is 5.91 Å². The van der Waals surface area contributed by atoms with Gasteiger partial charge >= 0.3 is 0 Å². The van der Waals surface area contributed by atoms with Crippen LogP contribution in [0.25, 0.3) is 0 Å². The molecule has 0 radical (unpaired) electrons. The summed E-state index contributed by atoms with van der Waals surface area (Å²) >= 11 is 1.67. The second-order valence-electron chi connectivity index (χ2n) is 6.86. The van der Waals surface area contributed by atoms with Crippen molar-refractivity contribution < 1.29 is 4.79 Å². The maximum Gasteiger partial charge on any atom is 0.224 e. The second-order valence-corrected chi connectivity index (χ2v) is 7.81. The number of rotatable bonds is 9. The Morgan fingerprint density at radius 3 is 2.48 bits per heavy atom.